The molecule has 3 rings (SSSR count). The standard InChI is InChI=1S/C9H13N.2C7H8ClN.C4H11N/c1-10(2)8-9-6-4-3-5-7-9;1-5-2-3-6(9)4-7(5)8;1-5-6(8)3-2-4-7(5)9;1-4(2,3)5/h3-7H,8H2,1-2H3;2*2-4H,9H2,1H3;5H2,1-3H3. The van der Waals surface area contributed by atoms with Crippen molar-refractivity contribution in [3.63, 3.8) is 0 Å². The summed E-state index contributed by atoms with van der Waals surface area (Å²) in [7, 11) is 4.15. The molecule has 6 N–H and O–H groups in total. The smallest absolute Gasteiger partial charge is 0.0455 e. The number of rotatable bonds is 2. The van der Waals surface area contributed by atoms with Crippen molar-refractivity contribution in [1.29, 1.82) is 0 Å². The zero-order valence-corrected chi connectivity index (χ0v) is 22.5. The Bertz CT molecular complexity index is 910. The van der Waals surface area contributed by atoms with Gasteiger partial charge in [-0.25, -0.2) is 0 Å². The highest BCUT2D eigenvalue weighted by Gasteiger charge is 1.96. The van der Waals surface area contributed by atoms with Crippen LogP contribution in [0.3, 0.4) is 0 Å². The first-order valence-corrected chi connectivity index (χ1v) is 11.5. The van der Waals surface area contributed by atoms with E-state index in [-0.39, 0.29) is 5.54 Å². The van der Waals surface area contributed by atoms with Crippen molar-refractivity contribution in [1.82, 2.24) is 4.90 Å². The highest BCUT2D eigenvalue weighted by atomic mass is 35.5. The van der Waals surface area contributed by atoms with Crippen LogP contribution in [0.2, 0.25) is 10.0 Å². The number of hydrogen-bond donors (Lipinski definition) is 3. The molecule has 6 heteroatoms. The molecule has 0 spiro atoms. The minimum atomic E-state index is 0. The van der Waals surface area contributed by atoms with Crippen LogP contribution < -0.4 is 17.2 Å². The van der Waals surface area contributed by atoms with Gasteiger partial charge >= 0.3 is 0 Å². The topological polar surface area (TPSA) is 81.3 Å². The third-order valence-corrected chi connectivity index (χ3v) is 4.66. The lowest BCUT2D eigenvalue weighted by atomic mass is 10.1. The number of benzene rings is 3. The number of hydrogen-bond acceptors (Lipinski definition) is 4. The van der Waals surface area contributed by atoms with Crippen LogP contribution >= 0.6 is 23.2 Å². The van der Waals surface area contributed by atoms with Gasteiger partial charge in [0.15, 0.2) is 0 Å². The SMILES string of the molecule is CC(C)(C)N.CN(C)Cc1ccccc1.Cc1c(N)cccc1Cl.Cc1ccc(N)cc1Cl. The van der Waals surface area contributed by atoms with E-state index in [4.69, 9.17) is 40.4 Å². The van der Waals surface area contributed by atoms with Crippen molar-refractivity contribution in [2.75, 3.05) is 25.6 Å². The summed E-state index contributed by atoms with van der Waals surface area (Å²) < 4.78 is 0. The average molecular weight is 492 g/mol. The Morgan fingerprint density at radius 1 is 0.788 bits per heavy atom. The van der Waals surface area contributed by atoms with Crippen LogP contribution in [0.15, 0.2) is 66.7 Å². The molecule has 0 fully saturated rings. The van der Waals surface area contributed by atoms with Gasteiger partial charge in [0.05, 0.1) is 0 Å². The molecule has 3 aromatic rings. The Kier molecular flexibility index (Phi) is 14.5. The molecule has 0 aliphatic rings. The summed E-state index contributed by atoms with van der Waals surface area (Å²) in [6, 6.07) is 21.4. The van der Waals surface area contributed by atoms with E-state index in [0.717, 1.165) is 33.4 Å². The van der Waals surface area contributed by atoms with Crippen molar-refractivity contribution in [3.05, 3.63) is 93.5 Å². The molecule has 0 saturated carbocycles. The Morgan fingerprint density at radius 3 is 1.73 bits per heavy atom. The Hall–Kier alpha value is -2.24. The van der Waals surface area contributed by atoms with E-state index in [0.29, 0.717) is 5.69 Å². The lowest BCUT2D eigenvalue weighted by Gasteiger charge is -2.08. The van der Waals surface area contributed by atoms with E-state index in [2.05, 4.69) is 43.3 Å². The van der Waals surface area contributed by atoms with Gasteiger partial charge < -0.3 is 22.1 Å². The molecule has 0 atom stereocenters. The fourth-order valence-corrected chi connectivity index (χ4v) is 2.55. The van der Waals surface area contributed by atoms with Gasteiger partial charge in [-0.3, -0.25) is 0 Å². The van der Waals surface area contributed by atoms with Gasteiger partial charge in [-0.05, 0) is 89.7 Å². The molecule has 0 bridgehead atoms. The van der Waals surface area contributed by atoms with E-state index in [9.17, 15) is 0 Å². The molecule has 0 radical (unpaired) electrons. The molecule has 182 valence electrons. The molecular weight excluding hydrogens is 451 g/mol. The maximum atomic E-state index is 5.73. The zero-order valence-electron chi connectivity index (χ0n) is 21.0. The van der Waals surface area contributed by atoms with E-state index < -0.39 is 0 Å². The van der Waals surface area contributed by atoms with Crippen LogP contribution in [0.4, 0.5) is 11.4 Å². The lowest BCUT2D eigenvalue weighted by molar-refractivity contribution is 0.402. The fraction of sp³-hybridized carbons (Fsp3) is 0.333. The Morgan fingerprint density at radius 2 is 1.33 bits per heavy atom. The van der Waals surface area contributed by atoms with Gasteiger partial charge in [-0.15, -0.1) is 0 Å². The molecule has 0 aliphatic heterocycles. The highest BCUT2D eigenvalue weighted by Crippen LogP contribution is 2.19. The second-order valence-electron chi connectivity index (χ2n) is 9.05. The van der Waals surface area contributed by atoms with E-state index in [1.807, 2.05) is 71.0 Å². The molecular formula is C27H40Cl2N4. The first kappa shape index (κ1) is 30.8. The number of halogens is 2. The first-order chi connectivity index (χ1) is 15.2. The van der Waals surface area contributed by atoms with Gasteiger partial charge in [0.25, 0.3) is 0 Å². The molecule has 4 nitrogen and oxygen atoms in total. The van der Waals surface area contributed by atoms with Gasteiger partial charge in [-0.1, -0.05) is 65.7 Å². The monoisotopic (exact) mass is 490 g/mol. The summed E-state index contributed by atoms with van der Waals surface area (Å²) in [4.78, 5) is 2.16. The molecule has 3 aromatic carbocycles. The predicted octanol–water partition coefficient (Wildman–Crippen LogP) is 6.95. The lowest BCUT2D eigenvalue weighted by Crippen LogP contribution is -2.26. The number of aryl methyl sites for hydroxylation is 1. The van der Waals surface area contributed by atoms with E-state index in [1.165, 1.54) is 5.56 Å². The molecule has 0 amide bonds. The van der Waals surface area contributed by atoms with Gasteiger partial charge in [0, 0.05) is 33.5 Å². The quantitative estimate of drug-likeness (QED) is 0.339. The van der Waals surface area contributed by atoms with E-state index >= 15 is 0 Å². The normalized spacial score (nSPS) is 10.2. The van der Waals surface area contributed by atoms with Crippen molar-refractivity contribution < 1.29 is 0 Å². The van der Waals surface area contributed by atoms with Crippen molar-refractivity contribution >= 4 is 34.6 Å². The minimum absolute atomic E-state index is 0. The summed E-state index contributed by atoms with van der Waals surface area (Å²) >= 11 is 11.5. The van der Waals surface area contributed by atoms with Crippen LogP contribution in [0, 0.1) is 13.8 Å². The second kappa shape index (κ2) is 15.6. The zero-order chi connectivity index (χ0) is 25.6. The summed E-state index contributed by atoms with van der Waals surface area (Å²) in [6.07, 6.45) is 0. The third-order valence-electron chi connectivity index (χ3n) is 3.85. The highest BCUT2D eigenvalue weighted by molar-refractivity contribution is 6.31. The summed E-state index contributed by atoms with van der Waals surface area (Å²) in [5.74, 6) is 0. The Labute approximate surface area is 210 Å². The molecule has 33 heavy (non-hydrogen) atoms. The average Bonchev–Trinajstić information content (AvgIpc) is 2.69. The van der Waals surface area contributed by atoms with Crippen molar-refractivity contribution in [3.8, 4) is 0 Å². The van der Waals surface area contributed by atoms with Gasteiger partial charge in [0.1, 0.15) is 0 Å². The number of anilines is 2. The molecule has 0 aliphatic carbocycles. The molecule has 0 saturated heterocycles. The minimum Gasteiger partial charge on any atom is -0.399 e. The number of nitrogens with zero attached hydrogens (tertiary/aromatic N) is 1. The van der Waals surface area contributed by atoms with Crippen molar-refractivity contribution in [2.45, 2.75) is 46.7 Å². The van der Waals surface area contributed by atoms with E-state index in [1.54, 1.807) is 6.07 Å². The molecule has 0 heterocycles. The fourth-order valence-electron chi connectivity index (χ4n) is 2.18. The second-order valence-corrected chi connectivity index (χ2v) is 9.87. The predicted molar refractivity (Wildman–Crippen MR) is 149 cm³/mol. The van der Waals surface area contributed by atoms with Crippen LogP contribution in [-0.4, -0.2) is 24.5 Å². The van der Waals surface area contributed by atoms with Crippen LogP contribution in [0.5, 0.6) is 0 Å². The third kappa shape index (κ3) is 17.0. The largest absolute Gasteiger partial charge is 0.399 e. The Balaban J connectivity index is 0.000000425. The van der Waals surface area contributed by atoms with Gasteiger partial charge in [0.2, 0.25) is 0 Å². The van der Waals surface area contributed by atoms with Crippen LogP contribution in [0.25, 0.3) is 0 Å². The van der Waals surface area contributed by atoms with Crippen molar-refractivity contribution in [2.24, 2.45) is 5.73 Å². The number of nitrogen functional groups attached to an aromatic ring is 2. The molecule has 0 aromatic heterocycles. The molecule has 0 unspecified atom stereocenters. The van der Waals surface area contributed by atoms with Gasteiger partial charge in [-0.2, -0.15) is 0 Å². The summed E-state index contributed by atoms with van der Waals surface area (Å²) in [5.41, 5.74) is 21.2. The van der Waals surface area contributed by atoms with Crippen LogP contribution in [-0.2, 0) is 6.54 Å². The summed E-state index contributed by atoms with van der Waals surface area (Å²) in [5, 5.41) is 1.46. The summed E-state index contributed by atoms with van der Waals surface area (Å²) in [6.45, 7) is 10.8. The first-order valence-electron chi connectivity index (χ1n) is 10.7. The number of nitrogens with two attached hydrogens (primary N) is 3. The van der Waals surface area contributed by atoms with Crippen LogP contribution in [0.1, 0.15) is 37.5 Å². The maximum Gasteiger partial charge on any atom is 0.0455 e. The maximum absolute atomic E-state index is 5.73.